The van der Waals surface area contributed by atoms with Gasteiger partial charge in [-0.25, -0.2) is 9.69 Å². The van der Waals surface area contributed by atoms with Crippen molar-refractivity contribution in [3.8, 4) is 11.5 Å². The fourth-order valence-corrected chi connectivity index (χ4v) is 4.31. The van der Waals surface area contributed by atoms with E-state index in [9.17, 15) is 14.4 Å². The van der Waals surface area contributed by atoms with Gasteiger partial charge >= 0.3 is 6.03 Å². The van der Waals surface area contributed by atoms with E-state index in [1.807, 2.05) is 30.3 Å². The van der Waals surface area contributed by atoms with Gasteiger partial charge in [-0.2, -0.15) is 0 Å². The Morgan fingerprint density at radius 3 is 2.45 bits per heavy atom. The fourth-order valence-electron chi connectivity index (χ4n) is 3.47. The summed E-state index contributed by atoms with van der Waals surface area (Å²) in [5.41, 5.74) is 0.809. The molecule has 31 heavy (non-hydrogen) atoms. The third-order valence-corrected chi connectivity index (χ3v) is 5.68. The molecule has 1 aliphatic heterocycles. The summed E-state index contributed by atoms with van der Waals surface area (Å²) in [6.07, 6.45) is 1.44. The maximum atomic E-state index is 13.3. The van der Waals surface area contributed by atoms with Crippen LogP contribution in [-0.2, 0) is 9.59 Å². The Kier molecular flexibility index (Phi) is 5.64. The van der Waals surface area contributed by atoms with Crippen LogP contribution in [0.5, 0.6) is 11.5 Å². The van der Waals surface area contributed by atoms with Crippen molar-refractivity contribution in [1.29, 1.82) is 0 Å². The van der Waals surface area contributed by atoms with Gasteiger partial charge in [-0.05, 0) is 57.8 Å². The Labute approximate surface area is 191 Å². The number of rotatable bonds is 4. The largest absolute Gasteiger partial charge is 0.493 e. The fraction of sp³-hybridized carbons (Fsp3) is 0.0870. The van der Waals surface area contributed by atoms with Gasteiger partial charge < -0.3 is 9.47 Å². The van der Waals surface area contributed by atoms with E-state index in [0.717, 1.165) is 19.2 Å². The van der Waals surface area contributed by atoms with Crippen molar-refractivity contribution in [3.05, 3.63) is 69.3 Å². The van der Waals surface area contributed by atoms with E-state index in [1.165, 1.54) is 20.3 Å². The van der Waals surface area contributed by atoms with Crippen LogP contribution in [0.15, 0.2) is 60.2 Å². The molecule has 1 aliphatic rings. The molecular weight excluding hydrogens is 511 g/mol. The molecule has 3 aromatic rings. The summed E-state index contributed by atoms with van der Waals surface area (Å²) in [6, 6.07) is 15.4. The van der Waals surface area contributed by atoms with E-state index in [2.05, 4.69) is 27.9 Å². The monoisotopic (exact) mass is 528 g/mol. The normalized spacial score (nSPS) is 15.4. The number of methoxy groups -OCH3 is 2. The van der Waals surface area contributed by atoms with Crippen LogP contribution in [0.25, 0.3) is 16.8 Å². The molecule has 1 N–H and O–H groups in total. The second-order valence-electron chi connectivity index (χ2n) is 6.69. The first-order valence-corrected chi connectivity index (χ1v) is 10.3. The van der Waals surface area contributed by atoms with E-state index in [-0.39, 0.29) is 5.57 Å². The Bertz CT molecular complexity index is 1260. The van der Waals surface area contributed by atoms with Gasteiger partial charge in [-0.1, -0.05) is 36.4 Å². The molecule has 0 saturated carbocycles. The van der Waals surface area contributed by atoms with Crippen LogP contribution in [0.2, 0.25) is 0 Å². The minimum atomic E-state index is -0.787. The molecule has 0 bridgehead atoms. The summed E-state index contributed by atoms with van der Waals surface area (Å²) in [5, 5.41) is 3.86. The first-order valence-electron chi connectivity index (χ1n) is 9.25. The minimum absolute atomic E-state index is 0.157. The smallest absolute Gasteiger partial charge is 0.335 e. The predicted octanol–water partition coefficient (Wildman–Crippen LogP) is 4.13. The van der Waals surface area contributed by atoms with Gasteiger partial charge in [0, 0.05) is 5.39 Å². The number of nitrogens with one attached hydrogen (secondary N) is 1. The molecule has 0 radical (unpaired) electrons. The SMILES string of the molecule is COc1cc(/C=C2\C(=O)NC(=O)N(c3cccc4ccccc34)C2=O)cc(I)c1OC. The molecule has 1 heterocycles. The molecule has 4 amide bonds. The minimum Gasteiger partial charge on any atom is -0.493 e. The lowest BCUT2D eigenvalue weighted by molar-refractivity contribution is -0.122. The molecule has 1 fully saturated rings. The first-order chi connectivity index (χ1) is 14.9. The number of urea groups is 1. The lowest BCUT2D eigenvalue weighted by Crippen LogP contribution is -2.54. The van der Waals surface area contributed by atoms with Crippen molar-refractivity contribution >= 4 is 63.0 Å². The number of nitrogens with zero attached hydrogens (tertiary/aromatic N) is 1. The van der Waals surface area contributed by atoms with Gasteiger partial charge in [0.1, 0.15) is 5.57 Å². The van der Waals surface area contributed by atoms with Crippen LogP contribution >= 0.6 is 22.6 Å². The molecular formula is C23H17IN2O5. The van der Waals surface area contributed by atoms with Crippen LogP contribution in [0, 0.1) is 3.57 Å². The summed E-state index contributed by atoms with van der Waals surface area (Å²) in [5.74, 6) is -0.435. The number of amides is 4. The maximum absolute atomic E-state index is 13.3. The van der Waals surface area contributed by atoms with Crippen molar-refractivity contribution in [2.45, 2.75) is 0 Å². The Hall–Kier alpha value is -3.40. The first kappa shape index (κ1) is 20.9. The zero-order valence-electron chi connectivity index (χ0n) is 16.6. The van der Waals surface area contributed by atoms with Gasteiger partial charge in [-0.3, -0.25) is 14.9 Å². The highest BCUT2D eigenvalue weighted by molar-refractivity contribution is 14.1. The maximum Gasteiger partial charge on any atom is 0.335 e. The number of ether oxygens (including phenoxy) is 2. The Balaban J connectivity index is 1.81. The number of hydrogen-bond acceptors (Lipinski definition) is 5. The van der Waals surface area contributed by atoms with E-state index in [0.29, 0.717) is 22.7 Å². The molecule has 1 saturated heterocycles. The topological polar surface area (TPSA) is 84.9 Å². The highest BCUT2D eigenvalue weighted by Crippen LogP contribution is 2.35. The third-order valence-electron chi connectivity index (χ3n) is 4.88. The summed E-state index contributed by atoms with van der Waals surface area (Å²) in [4.78, 5) is 39.4. The Morgan fingerprint density at radius 2 is 1.71 bits per heavy atom. The average molecular weight is 528 g/mol. The third kappa shape index (κ3) is 3.74. The number of imide groups is 2. The quantitative estimate of drug-likeness (QED) is 0.313. The standard InChI is InChI=1S/C23H17IN2O5/c1-30-19-12-13(11-17(24)20(19)31-2)10-16-21(27)25-23(29)26(22(16)28)18-9-5-7-14-6-3-4-8-15(14)18/h3-12H,1-2H3,(H,25,27,29)/b16-10+. The van der Waals surface area contributed by atoms with Crippen LogP contribution in [-0.4, -0.2) is 32.1 Å². The van der Waals surface area contributed by atoms with E-state index in [4.69, 9.17) is 9.47 Å². The summed E-state index contributed by atoms with van der Waals surface area (Å²) in [7, 11) is 3.04. The molecule has 0 aromatic heterocycles. The second kappa shape index (κ2) is 8.38. The summed E-state index contributed by atoms with van der Waals surface area (Å²) in [6.45, 7) is 0. The number of barbiturate groups is 1. The van der Waals surface area contributed by atoms with Crippen molar-refractivity contribution < 1.29 is 23.9 Å². The van der Waals surface area contributed by atoms with Crippen LogP contribution in [0.3, 0.4) is 0 Å². The van der Waals surface area contributed by atoms with E-state index in [1.54, 1.807) is 24.3 Å². The van der Waals surface area contributed by atoms with E-state index < -0.39 is 17.8 Å². The van der Waals surface area contributed by atoms with Crippen LogP contribution in [0.4, 0.5) is 10.5 Å². The molecule has 8 heteroatoms. The zero-order valence-corrected chi connectivity index (χ0v) is 18.8. The Morgan fingerprint density at radius 1 is 0.968 bits per heavy atom. The summed E-state index contributed by atoms with van der Waals surface area (Å²) >= 11 is 2.08. The van der Waals surface area contributed by atoms with Crippen molar-refractivity contribution in [1.82, 2.24) is 5.32 Å². The molecule has 4 rings (SSSR count). The number of anilines is 1. The molecule has 0 aliphatic carbocycles. The van der Waals surface area contributed by atoms with Gasteiger partial charge in [0.15, 0.2) is 11.5 Å². The van der Waals surface area contributed by atoms with Gasteiger partial charge in [-0.15, -0.1) is 0 Å². The molecule has 156 valence electrons. The van der Waals surface area contributed by atoms with Crippen LogP contribution < -0.4 is 19.7 Å². The van der Waals surface area contributed by atoms with Crippen molar-refractivity contribution in [3.63, 3.8) is 0 Å². The van der Waals surface area contributed by atoms with Gasteiger partial charge in [0.05, 0.1) is 23.5 Å². The lowest BCUT2D eigenvalue weighted by atomic mass is 10.0. The number of carbonyl (C=O) groups is 3. The van der Waals surface area contributed by atoms with Crippen LogP contribution in [0.1, 0.15) is 5.56 Å². The predicted molar refractivity (Wildman–Crippen MR) is 125 cm³/mol. The zero-order chi connectivity index (χ0) is 22.1. The van der Waals surface area contributed by atoms with Crippen molar-refractivity contribution in [2.24, 2.45) is 0 Å². The summed E-state index contributed by atoms with van der Waals surface area (Å²) < 4.78 is 11.4. The molecule has 7 nitrogen and oxygen atoms in total. The van der Waals surface area contributed by atoms with Gasteiger partial charge in [0.2, 0.25) is 0 Å². The number of hydrogen-bond donors (Lipinski definition) is 1. The molecule has 0 spiro atoms. The lowest BCUT2D eigenvalue weighted by Gasteiger charge is -2.27. The highest BCUT2D eigenvalue weighted by atomic mass is 127. The van der Waals surface area contributed by atoms with Gasteiger partial charge in [0.25, 0.3) is 11.8 Å². The highest BCUT2D eigenvalue weighted by Gasteiger charge is 2.37. The van der Waals surface area contributed by atoms with E-state index >= 15 is 0 Å². The number of fused-ring (bicyclic) bond motifs is 1. The number of carbonyl (C=O) groups excluding carboxylic acids is 3. The molecule has 0 unspecified atom stereocenters. The molecule has 3 aromatic carbocycles. The number of halogens is 1. The average Bonchev–Trinajstić information content (AvgIpc) is 2.76. The second-order valence-corrected chi connectivity index (χ2v) is 7.86. The number of benzene rings is 3. The van der Waals surface area contributed by atoms with Crippen molar-refractivity contribution in [2.75, 3.05) is 19.1 Å². The molecule has 0 atom stereocenters.